The van der Waals surface area contributed by atoms with Gasteiger partial charge in [0.05, 0.1) is 6.04 Å². The molecule has 0 bridgehead atoms. The predicted octanol–water partition coefficient (Wildman–Crippen LogP) is 1.24. The molecule has 1 fully saturated rings. The van der Waals surface area contributed by atoms with Crippen molar-refractivity contribution in [3.63, 3.8) is 0 Å². The van der Waals surface area contributed by atoms with E-state index in [1.807, 2.05) is 0 Å². The first kappa shape index (κ1) is 15.9. The number of aromatic nitrogens is 2. The summed E-state index contributed by atoms with van der Waals surface area (Å²) in [5.41, 5.74) is 6.20. The highest BCUT2D eigenvalue weighted by Gasteiger charge is 2.29. The van der Waals surface area contributed by atoms with Gasteiger partial charge in [0.1, 0.15) is 11.4 Å². The molecule has 1 aliphatic heterocycles. The lowest BCUT2D eigenvalue weighted by atomic mass is 9.96. The first-order valence-electron chi connectivity index (χ1n) is 7.83. The van der Waals surface area contributed by atoms with Crippen LogP contribution in [0.3, 0.4) is 0 Å². The van der Waals surface area contributed by atoms with Crippen molar-refractivity contribution in [3.05, 3.63) is 63.8 Å². The third kappa shape index (κ3) is 3.19. The SMILES string of the molecule is NC(=O)c1cccc(C(=O)N2CCCCC2c2ccc(=O)[nH]c2)n1. The van der Waals surface area contributed by atoms with Crippen molar-refractivity contribution in [1.82, 2.24) is 14.9 Å². The quantitative estimate of drug-likeness (QED) is 0.884. The van der Waals surface area contributed by atoms with Crippen molar-refractivity contribution < 1.29 is 9.59 Å². The van der Waals surface area contributed by atoms with Crippen LogP contribution in [-0.4, -0.2) is 33.2 Å². The maximum absolute atomic E-state index is 12.9. The lowest BCUT2D eigenvalue weighted by molar-refractivity contribution is 0.0605. The Morgan fingerprint density at radius 1 is 1.17 bits per heavy atom. The molecule has 124 valence electrons. The summed E-state index contributed by atoms with van der Waals surface area (Å²) in [7, 11) is 0. The highest BCUT2D eigenvalue weighted by atomic mass is 16.2. The third-order valence-electron chi connectivity index (χ3n) is 4.18. The molecule has 3 heterocycles. The van der Waals surface area contributed by atoms with Gasteiger partial charge in [-0.25, -0.2) is 4.98 Å². The molecule has 0 aromatic carbocycles. The van der Waals surface area contributed by atoms with E-state index in [0.29, 0.717) is 6.54 Å². The average molecular weight is 326 g/mol. The highest BCUT2D eigenvalue weighted by molar-refractivity contribution is 5.95. The van der Waals surface area contributed by atoms with Crippen LogP contribution in [0, 0.1) is 0 Å². The first-order chi connectivity index (χ1) is 11.6. The Morgan fingerprint density at radius 3 is 2.67 bits per heavy atom. The highest BCUT2D eigenvalue weighted by Crippen LogP contribution is 2.31. The third-order valence-corrected chi connectivity index (χ3v) is 4.18. The molecule has 2 aromatic rings. The van der Waals surface area contributed by atoms with Crippen molar-refractivity contribution in [2.45, 2.75) is 25.3 Å². The standard InChI is InChI=1S/C17H18N4O3/c18-16(23)12-4-3-5-13(20-12)17(24)21-9-2-1-6-14(21)11-7-8-15(22)19-10-11/h3-5,7-8,10,14H,1-2,6,9H2,(H2,18,23)(H,19,22). The van der Waals surface area contributed by atoms with Crippen molar-refractivity contribution >= 4 is 11.8 Å². The van der Waals surface area contributed by atoms with Crippen LogP contribution in [0.2, 0.25) is 0 Å². The summed E-state index contributed by atoms with van der Waals surface area (Å²) >= 11 is 0. The smallest absolute Gasteiger partial charge is 0.272 e. The topological polar surface area (TPSA) is 109 Å². The van der Waals surface area contributed by atoms with Crippen LogP contribution < -0.4 is 11.3 Å². The second kappa shape index (κ2) is 6.66. The minimum atomic E-state index is -0.666. The van der Waals surface area contributed by atoms with E-state index in [1.54, 1.807) is 29.3 Å². The zero-order chi connectivity index (χ0) is 17.1. The number of primary amides is 1. The van der Waals surface area contributed by atoms with E-state index in [4.69, 9.17) is 5.73 Å². The lowest BCUT2D eigenvalue weighted by Crippen LogP contribution is -2.39. The van der Waals surface area contributed by atoms with Crippen LogP contribution >= 0.6 is 0 Å². The Bertz CT molecular complexity index is 810. The largest absolute Gasteiger partial charge is 0.364 e. The Morgan fingerprint density at radius 2 is 1.96 bits per heavy atom. The summed E-state index contributed by atoms with van der Waals surface area (Å²) in [5.74, 6) is -0.908. The molecule has 0 radical (unpaired) electrons. The molecule has 2 amide bonds. The molecule has 24 heavy (non-hydrogen) atoms. The normalized spacial score (nSPS) is 17.5. The van der Waals surface area contributed by atoms with Crippen LogP contribution in [0.1, 0.15) is 51.8 Å². The summed E-state index contributed by atoms with van der Waals surface area (Å²) in [5, 5.41) is 0. The zero-order valence-electron chi connectivity index (χ0n) is 13.1. The number of piperidine rings is 1. The van der Waals surface area contributed by atoms with Gasteiger partial charge in [0.15, 0.2) is 0 Å². The molecule has 1 atom stereocenters. The van der Waals surface area contributed by atoms with E-state index in [-0.39, 0.29) is 28.9 Å². The van der Waals surface area contributed by atoms with Gasteiger partial charge >= 0.3 is 0 Å². The number of pyridine rings is 2. The number of rotatable bonds is 3. The molecule has 1 unspecified atom stereocenters. The molecular formula is C17H18N4O3. The number of hydrogen-bond acceptors (Lipinski definition) is 4. The van der Waals surface area contributed by atoms with Gasteiger partial charge in [-0.1, -0.05) is 12.1 Å². The Hall–Kier alpha value is -2.96. The number of hydrogen-bond donors (Lipinski definition) is 2. The Balaban J connectivity index is 1.91. The summed E-state index contributed by atoms with van der Waals surface area (Å²) in [6.07, 6.45) is 4.36. The first-order valence-corrected chi connectivity index (χ1v) is 7.83. The van der Waals surface area contributed by atoms with Gasteiger partial charge in [-0.2, -0.15) is 0 Å². The van der Waals surface area contributed by atoms with Crippen LogP contribution in [-0.2, 0) is 0 Å². The maximum atomic E-state index is 12.9. The number of carbonyl (C=O) groups excluding carboxylic acids is 2. The van der Waals surface area contributed by atoms with Crippen molar-refractivity contribution in [2.24, 2.45) is 5.73 Å². The monoisotopic (exact) mass is 326 g/mol. The molecule has 7 nitrogen and oxygen atoms in total. The van der Waals surface area contributed by atoms with Crippen LogP contribution in [0.4, 0.5) is 0 Å². The van der Waals surface area contributed by atoms with E-state index in [2.05, 4.69) is 9.97 Å². The van der Waals surface area contributed by atoms with Crippen LogP contribution in [0.5, 0.6) is 0 Å². The van der Waals surface area contributed by atoms with E-state index in [9.17, 15) is 14.4 Å². The van der Waals surface area contributed by atoms with Crippen molar-refractivity contribution in [1.29, 1.82) is 0 Å². The molecule has 0 spiro atoms. The van der Waals surface area contributed by atoms with E-state index < -0.39 is 5.91 Å². The van der Waals surface area contributed by atoms with Gasteiger partial charge in [-0.3, -0.25) is 14.4 Å². The fraction of sp³-hybridized carbons (Fsp3) is 0.294. The number of nitrogens with one attached hydrogen (secondary N) is 1. The predicted molar refractivity (Wildman–Crippen MR) is 87.4 cm³/mol. The lowest BCUT2D eigenvalue weighted by Gasteiger charge is -2.35. The molecular weight excluding hydrogens is 308 g/mol. The second-order valence-corrected chi connectivity index (χ2v) is 5.77. The number of nitrogens with two attached hydrogens (primary N) is 1. The Labute approximate surface area is 138 Å². The van der Waals surface area contributed by atoms with Gasteiger partial charge in [0, 0.05) is 18.8 Å². The molecule has 1 saturated heterocycles. The van der Waals surface area contributed by atoms with Gasteiger partial charge in [-0.15, -0.1) is 0 Å². The van der Waals surface area contributed by atoms with Gasteiger partial charge in [-0.05, 0) is 37.0 Å². The molecule has 2 aromatic heterocycles. The minimum absolute atomic E-state index is 0.0680. The van der Waals surface area contributed by atoms with Gasteiger partial charge in [0.25, 0.3) is 11.8 Å². The van der Waals surface area contributed by atoms with Crippen LogP contribution in [0.15, 0.2) is 41.3 Å². The van der Waals surface area contributed by atoms with Crippen LogP contribution in [0.25, 0.3) is 0 Å². The van der Waals surface area contributed by atoms with E-state index >= 15 is 0 Å². The summed E-state index contributed by atoms with van der Waals surface area (Å²) < 4.78 is 0. The number of likely N-dealkylation sites (tertiary alicyclic amines) is 1. The van der Waals surface area contributed by atoms with Crippen molar-refractivity contribution in [3.8, 4) is 0 Å². The maximum Gasteiger partial charge on any atom is 0.272 e. The fourth-order valence-electron chi connectivity index (χ4n) is 2.99. The fourth-order valence-corrected chi connectivity index (χ4v) is 2.99. The van der Waals surface area contributed by atoms with Crippen molar-refractivity contribution in [2.75, 3.05) is 6.54 Å². The molecule has 0 aliphatic carbocycles. The summed E-state index contributed by atoms with van der Waals surface area (Å²) in [4.78, 5) is 43.8. The zero-order valence-corrected chi connectivity index (χ0v) is 13.1. The molecule has 1 aliphatic rings. The summed E-state index contributed by atoms with van der Waals surface area (Å²) in [6, 6.07) is 7.73. The molecule has 3 rings (SSSR count). The second-order valence-electron chi connectivity index (χ2n) is 5.77. The average Bonchev–Trinajstić information content (AvgIpc) is 2.62. The number of H-pyrrole nitrogens is 1. The summed E-state index contributed by atoms with van der Waals surface area (Å²) in [6.45, 7) is 0.602. The number of carbonyl (C=O) groups is 2. The molecule has 7 heteroatoms. The van der Waals surface area contributed by atoms with E-state index in [1.165, 1.54) is 12.1 Å². The van der Waals surface area contributed by atoms with E-state index in [0.717, 1.165) is 24.8 Å². The molecule has 3 N–H and O–H groups in total. The Kier molecular flexibility index (Phi) is 4.41. The number of aromatic amines is 1. The molecule has 0 saturated carbocycles. The minimum Gasteiger partial charge on any atom is -0.364 e. The number of nitrogens with zero attached hydrogens (tertiary/aromatic N) is 2. The van der Waals surface area contributed by atoms with Gasteiger partial charge in [0.2, 0.25) is 5.56 Å². The van der Waals surface area contributed by atoms with Gasteiger partial charge < -0.3 is 15.6 Å². The number of amides is 2.